The van der Waals surface area contributed by atoms with Crippen LogP contribution in [0.15, 0.2) is 54.6 Å². The molecule has 0 amide bonds. The highest BCUT2D eigenvalue weighted by atomic mass is 16.5. The van der Waals surface area contributed by atoms with Gasteiger partial charge in [-0.05, 0) is 35.4 Å². The van der Waals surface area contributed by atoms with Crippen LogP contribution in [-0.4, -0.2) is 0 Å². The van der Waals surface area contributed by atoms with Gasteiger partial charge in [-0.1, -0.05) is 108 Å². The molecule has 0 aliphatic heterocycles. The van der Waals surface area contributed by atoms with Crippen LogP contribution in [0.5, 0.6) is 0 Å². The summed E-state index contributed by atoms with van der Waals surface area (Å²) < 4.78 is 6.71. The lowest BCUT2D eigenvalue weighted by molar-refractivity contribution is -0.0770. The predicted molar refractivity (Wildman–Crippen MR) is 112 cm³/mol. The second-order valence-corrected chi connectivity index (χ2v) is 7.75. The molecule has 2 aromatic rings. The van der Waals surface area contributed by atoms with Gasteiger partial charge in [0.05, 0.1) is 12.2 Å². The first-order chi connectivity index (χ1) is 12.6. The van der Waals surface area contributed by atoms with Crippen molar-refractivity contribution in [3.63, 3.8) is 0 Å². The Morgan fingerprint density at radius 3 is 1.88 bits per heavy atom. The molecule has 26 heavy (non-hydrogen) atoms. The number of unbranched alkanes of at least 4 members (excludes halogenated alkanes) is 2. The average Bonchev–Trinajstić information content (AvgIpc) is 2.68. The van der Waals surface area contributed by atoms with Crippen LogP contribution in [0.25, 0.3) is 0 Å². The molecule has 0 saturated heterocycles. The molecule has 1 heteroatoms. The number of benzene rings is 2. The van der Waals surface area contributed by atoms with Gasteiger partial charge in [-0.25, -0.2) is 0 Å². The minimum atomic E-state index is -0.169. The molecule has 0 bridgehead atoms. The van der Waals surface area contributed by atoms with Crippen LogP contribution < -0.4 is 0 Å². The first kappa shape index (κ1) is 20.7. The molecule has 0 heterocycles. The fourth-order valence-electron chi connectivity index (χ4n) is 3.53. The number of ether oxygens (including phenoxy) is 1. The van der Waals surface area contributed by atoms with Crippen molar-refractivity contribution >= 4 is 0 Å². The van der Waals surface area contributed by atoms with E-state index >= 15 is 0 Å². The highest BCUT2D eigenvalue weighted by Crippen LogP contribution is 2.38. The second kappa shape index (κ2) is 10.5. The molecule has 1 nitrogen and oxygen atoms in total. The Labute approximate surface area is 160 Å². The summed E-state index contributed by atoms with van der Waals surface area (Å²) in [5.41, 5.74) is 3.83. The van der Waals surface area contributed by atoms with Crippen molar-refractivity contribution in [3.8, 4) is 0 Å². The fourth-order valence-corrected chi connectivity index (χ4v) is 3.53. The first-order valence-electron chi connectivity index (χ1n) is 10.4. The van der Waals surface area contributed by atoms with Gasteiger partial charge in [-0.2, -0.15) is 0 Å². The lowest BCUT2D eigenvalue weighted by Gasteiger charge is -2.35. The van der Waals surface area contributed by atoms with Gasteiger partial charge in [0, 0.05) is 0 Å². The summed E-state index contributed by atoms with van der Waals surface area (Å²) >= 11 is 0. The van der Waals surface area contributed by atoms with E-state index in [1.807, 2.05) is 0 Å². The maximum atomic E-state index is 6.71. The Morgan fingerprint density at radius 1 is 0.808 bits per heavy atom. The minimum Gasteiger partial charge on any atom is -0.366 e. The predicted octanol–water partition coefficient (Wildman–Crippen LogP) is 7.60. The summed E-state index contributed by atoms with van der Waals surface area (Å²) in [4.78, 5) is 0. The summed E-state index contributed by atoms with van der Waals surface area (Å²) in [6, 6.07) is 19.8. The maximum Gasteiger partial charge on any atom is 0.0935 e. The van der Waals surface area contributed by atoms with Crippen molar-refractivity contribution in [2.24, 2.45) is 0 Å². The normalized spacial score (nSPS) is 11.9. The van der Waals surface area contributed by atoms with Crippen molar-refractivity contribution in [1.29, 1.82) is 0 Å². The lowest BCUT2D eigenvalue weighted by Crippen LogP contribution is -2.30. The van der Waals surface area contributed by atoms with Gasteiger partial charge in [-0.15, -0.1) is 0 Å². The zero-order valence-electron chi connectivity index (χ0n) is 17.1. The highest BCUT2D eigenvalue weighted by Gasteiger charge is 2.32. The van der Waals surface area contributed by atoms with E-state index in [-0.39, 0.29) is 5.60 Å². The van der Waals surface area contributed by atoms with Crippen LogP contribution in [0.3, 0.4) is 0 Å². The van der Waals surface area contributed by atoms with E-state index < -0.39 is 0 Å². The zero-order valence-corrected chi connectivity index (χ0v) is 17.1. The average molecular weight is 353 g/mol. The summed E-state index contributed by atoms with van der Waals surface area (Å²) in [7, 11) is 0. The molecule has 0 unspecified atom stereocenters. The Hall–Kier alpha value is -1.60. The molecule has 0 radical (unpaired) electrons. The van der Waals surface area contributed by atoms with Crippen molar-refractivity contribution in [3.05, 3.63) is 71.3 Å². The Bertz CT molecular complexity index is 604. The van der Waals surface area contributed by atoms with Crippen LogP contribution in [0, 0.1) is 0 Å². The van der Waals surface area contributed by atoms with E-state index in [2.05, 4.69) is 82.3 Å². The molecule has 0 N–H and O–H groups in total. The molecule has 0 fully saturated rings. The molecule has 0 aliphatic carbocycles. The third-order valence-corrected chi connectivity index (χ3v) is 5.33. The molecule has 2 rings (SSSR count). The summed E-state index contributed by atoms with van der Waals surface area (Å²) in [5, 5.41) is 0. The monoisotopic (exact) mass is 352 g/mol. The first-order valence-corrected chi connectivity index (χ1v) is 10.4. The van der Waals surface area contributed by atoms with Gasteiger partial charge >= 0.3 is 0 Å². The third-order valence-electron chi connectivity index (χ3n) is 5.33. The molecule has 0 aromatic heterocycles. The zero-order chi connectivity index (χ0) is 18.8. The topological polar surface area (TPSA) is 9.23 Å². The molecule has 142 valence electrons. The largest absolute Gasteiger partial charge is 0.366 e. The number of rotatable bonds is 11. The van der Waals surface area contributed by atoms with Crippen LogP contribution in [0.2, 0.25) is 0 Å². The summed E-state index contributed by atoms with van der Waals surface area (Å²) in [5.74, 6) is 0.565. The van der Waals surface area contributed by atoms with E-state index in [0.717, 1.165) is 12.8 Å². The smallest absolute Gasteiger partial charge is 0.0935 e. The van der Waals surface area contributed by atoms with Crippen molar-refractivity contribution in [2.75, 3.05) is 0 Å². The van der Waals surface area contributed by atoms with Gasteiger partial charge in [0.1, 0.15) is 0 Å². The van der Waals surface area contributed by atoms with E-state index in [1.165, 1.54) is 42.4 Å². The van der Waals surface area contributed by atoms with Gasteiger partial charge in [0.2, 0.25) is 0 Å². The van der Waals surface area contributed by atoms with Crippen LogP contribution in [0.1, 0.15) is 88.8 Å². The van der Waals surface area contributed by atoms with Gasteiger partial charge in [-0.3, -0.25) is 0 Å². The molecule has 0 atom stereocenters. The molecule has 2 aromatic carbocycles. The van der Waals surface area contributed by atoms with Crippen LogP contribution >= 0.6 is 0 Å². The Balaban J connectivity index is 2.29. The second-order valence-electron chi connectivity index (χ2n) is 7.75. The Morgan fingerprint density at radius 2 is 1.38 bits per heavy atom. The van der Waals surface area contributed by atoms with E-state index in [9.17, 15) is 0 Å². The van der Waals surface area contributed by atoms with Crippen LogP contribution in [0.4, 0.5) is 0 Å². The van der Waals surface area contributed by atoms with Crippen molar-refractivity contribution in [2.45, 2.75) is 84.3 Å². The third kappa shape index (κ3) is 5.71. The molecular formula is C25H36O. The summed E-state index contributed by atoms with van der Waals surface area (Å²) in [6.07, 6.45) is 6.99. The van der Waals surface area contributed by atoms with Crippen molar-refractivity contribution in [1.82, 2.24) is 0 Å². The van der Waals surface area contributed by atoms with E-state index in [0.29, 0.717) is 12.5 Å². The van der Waals surface area contributed by atoms with Gasteiger partial charge < -0.3 is 4.74 Å². The fraction of sp³-hybridized carbons (Fsp3) is 0.520. The van der Waals surface area contributed by atoms with E-state index in [1.54, 1.807) is 0 Å². The SMILES string of the molecule is CCCCC(CCCC)(OCc1ccccc1)c1ccc(C(C)C)cc1. The molecule has 0 saturated carbocycles. The molecule has 0 aliphatic rings. The molecule has 0 spiro atoms. The van der Waals surface area contributed by atoms with Crippen molar-refractivity contribution < 1.29 is 4.74 Å². The molecular weight excluding hydrogens is 316 g/mol. The number of hydrogen-bond acceptors (Lipinski definition) is 1. The Kier molecular flexibility index (Phi) is 8.38. The standard InChI is InChI=1S/C25H36O/c1-5-7-18-25(19-8-6-2,26-20-22-12-10-9-11-13-22)24-16-14-23(15-17-24)21(3)4/h9-17,21H,5-8,18-20H2,1-4H3. The number of hydrogen-bond donors (Lipinski definition) is 0. The summed E-state index contributed by atoms with van der Waals surface area (Å²) in [6.45, 7) is 9.72. The van der Waals surface area contributed by atoms with E-state index in [4.69, 9.17) is 4.74 Å². The van der Waals surface area contributed by atoms with Gasteiger partial charge in [0.15, 0.2) is 0 Å². The highest BCUT2D eigenvalue weighted by molar-refractivity contribution is 5.29. The lowest BCUT2D eigenvalue weighted by atomic mass is 9.83. The minimum absolute atomic E-state index is 0.169. The maximum absolute atomic E-state index is 6.71. The van der Waals surface area contributed by atoms with Crippen LogP contribution in [-0.2, 0) is 16.9 Å². The van der Waals surface area contributed by atoms with Gasteiger partial charge in [0.25, 0.3) is 0 Å². The quantitative estimate of drug-likeness (QED) is 0.404.